The van der Waals surface area contributed by atoms with E-state index in [0.717, 1.165) is 6.07 Å². The third-order valence-electron chi connectivity index (χ3n) is 2.98. The van der Waals surface area contributed by atoms with E-state index in [0.29, 0.717) is 17.7 Å². The van der Waals surface area contributed by atoms with E-state index in [1.807, 2.05) is 6.92 Å². The van der Waals surface area contributed by atoms with Gasteiger partial charge in [0.25, 0.3) is 5.91 Å². The summed E-state index contributed by atoms with van der Waals surface area (Å²) in [4.78, 5) is 23.0. The number of rotatable bonds is 4. The predicted octanol–water partition coefficient (Wildman–Crippen LogP) is 1.64. The molecule has 3 N–H and O–H groups in total. The number of carbonyl (C=O) groups excluding carboxylic acids is 1. The molecule has 1 heterocycles. The summed E-state index contributed by atoms with van der Waals surface area (Å²) in [5.74, 6) is -1.85. The van der Waals surface area contributed by atoms with Gasteiger partial charge in [-0.3, -0.25) is 9.48 Å². The standard InChI is InChI=1S/C14H15N3O4/c1-3-10-9(7-17(2)16-10)13(19)15-11-5-4-8(14(20)21)6-12(11)18/h4-7,18H,3H2,1-2H3,(H,15,19)(H,20,21). The quantitative estimate of drug-likeness (QED) is 0.742. The molecule has 1 amide bonds. The van der Waals surface area contributed by atoms with E-state index in [4.69, 9.17) is 5.11 Å². The molecule has 1 aromatic heterocycles. The van der Waals surface area contributed by atoms with Gasteiger partial charge < -0.3 is 15.5 Å². The zero-order valence-electron chi connectivity index (χ0n) is 11.6. The summed E-state index contributed by atoms with van der Waals surface area (Å²) in [7, 11) is 1.72. The number of hydrogen-bond acceptors (Lipinski definition) is 4. The Balaban J connectivity index is 2.25. The van der Waals surface area contributed by atoms with Crippen LogP contribution in [0.25, 0.3) is 0 Å². The van der Waals surface area contributed by atoms with Crippen LogP contribution >= 0.6 is 0 Å². The Bertz CT molecular complexity index is 706. The lowest BCUT2D eigenvalue weighted by Gasteiger charge is -2.07. The van der Waals surface area contributed by atoms with Gasteiger partial charge in [0.2, 0.25) is 0 Å². The number of hydrogen-bond donors (Lipinski definition) is 3. The van der Waals surface area contributed by atoms with Crippen molar-refractivity contribution in [1.29, 1.82) is 0 Å². The monoisotopic (exact) mass is 289 g/mol. The molecule has 0 bridgehead atoms. The van der Waals surface area contributed by atoms with Gasteiger partial charge in [-0.15, -0.1) is 0 Å². The SMILES string of the molecule is CCc1nn(C)cc1C(=O)Nc1ccc(C(=O)O)cc1O. The third kappa shape index (κ3) is 3.02. The largest absolute Gasteiger partial charge is 0.506 e. The first kappa shape index (κ1) is 14.6. The normalized spacial score (nSPS) is 10.4. The lowest BCUT2D eigenvalue weighted by atomic mass is 10.1. The summed E-state index contributed by atoms with van der Waals surface area (Å²) in [6.07, 6.45) is 2.20. The van der Waals surface area contributed by atoms with E-state index in [1.54, 1.807) is 17.9 Å². The van der Waals surface area contributed by atoms with Gasteiger partial charge in [-0.2, -0.15) is 5.10 Å². The number of nitrogens with one attached hydrogen (secondary N) is 1. The van der Waals surface area contributed by atoms with Crippen LogP contribution in [0, 0.1) is 0 Å². The maximum atomic E-state index is 12.2. The molecular weight excluding hydrogens is 274 g/mol. The van der Waals surface area contributed by atoms with E-state index in [-0.39, 0.29) is 17.0 Å². The molecule has 0 fully saturated rings. The molecule has 0 aliphatic carbocycles. The van der Waals surface area contributed by atoms with Gasteiger partial charge in [-0.1, -0.05) is 6.92 Å². The molecule has 110 valence electrons. The first-order valence-electron chi connectivity index (χ1n) is 6.32. The van der Waals surface area contributed by atoms with E-state index in [9.17, 15) is 14.7 Å². The summed E-state index contributed by atoms with van der Waals surface area (Å²) < 4.78 is 1.54. The number of benzene rings is 1. The first-order chi connectivity index (χ1) is 9.92. The smallest absolute Gasteiger partial charge is 0.335 e. The Hall–Kier alpha value is -2.83. The van der Waals surface area contributed by atoms with E-state index < -0.39 is 11.9 Å². The molecule has 2 aromatic rings. The Morgan fingerprint density at radius 2 is 2.10 bits per heavy atom. The molecule has 21 heavy (non-hydrogen) atoms. The molecule has 0 saturated heterocycles. The zero-order chi connectivity index (χ0) is 15.6. The minimum atomic E-state index is -1.15. The maximum Gasteiger partial charge on any atom is 0.335 e. The van der Waals surface area contributed by atoms with Crippen LogP contribution in [0.2, 0.25) is 0 Å². The highest BCUT2D eigenvalue weighted by atomic mass is 16.4. The van der Waals surface area contributed by atoms with E-state index in [1.165, 1.54) is 12.1 Å². The number of aromatic nitrogens is 2. The number of anilines is 1. The van der Waals surface area contributed by atoms with Gasteiger partial charge in [0.15, 0.2) is 0 Å². The molecule has 1 aromatic carbocycles. The number of phenols is 1. The van der Waals surface area contributed by atoms with E-state index in [2.05, 4.69) is 10.4 Å². The second kappa shape index (κ2) is 5.66. The van der Waals surface area contributed by atoms with Crippen LogP contribution in [-0.2, 0) is 13.5 Å². The van der Waals surface area contributed by atoms with Crippen LogP contribution in [0.4, 0.5) is 5.69 Å². The molecule has 0 radical (unpaired) electrons. The summed E-state index contributed by atoms with van der Waals surface area (Å²) in [5, 5.41) is 25.3. The molecule has 2 rings (SSSR count). The molecule has 0 atom stereocenters. The van der Waals surface area contributed by atoms with Crippen LogP contribution < -0.4 is 5.32 Å². The highest BCUT2D eigenvalue weighted by molar-refractivity contribution is 6.06. The van der Waals surface area contributed by atoms with Crippen molar-refractivity contribution in [3.8, 4) is 5.75 Å². The fourth-order valence-electron chi connectivity index (χ4n) is 1.95. The lowest BCUT2D eigenvalue weighted by Crippen LogP contribution is -2.13. The molecule has 0 aliphatic heterocycles. The second-order valence-electron chi connectivity index (χ2n) is 4.51. The number of aromatic carboxylic acids is 1. The number of carbonyl (C=O) groups is 2. The minimum Gasteiger partial charge on any atom is -0.506 e. The topological polar surface area (TPSA) is 104 Å². The van der Waals surface area contributed by atoms with Crippen LogP contribution in [0.1, 0.15) is 33.3 Å². The fourth-order valence-corrected chi connectivity index (χ4v) is 1.95. The maximum absolute atomic E-state index is 12.2. The van der Waals surface area contributed by atoms with Crippen molar-refractivity contribution in [2.75, 3.05) is 5.32 Å². The Morgan fingerprint density at radius 1 is 1.38 bits per heavy atom. The van der Waals surface area contributed by atoms with Gasteiger partial charge in [0, 0.05) is 13.2 Å². The van der Waals surface area contributed by atoms with Crippen LogP contribution in [0.5, 0.6) is 5.75 Å². The Kier molecular flexibility index (Phi) is 3.93. The number of nitrogens with zero attached hydrogens (tertiary/aromatic N) is 2. The minimum absolute atomic E-state index is 0.0545. The summed E-state index contributed by atoms with van der Waals surface area (Å²) in [5.41, 5.74) is 1.16. The van der Waals surface area contributed by atoms with Crippen molar-refractivity contribution in [3.05, 3.63) is 41.2 Å². The van der Waals surface area contributed by atoms with Gasteiger partial charge in [0.1, 0.15) is 5.75 Å². The van der Waals surface area contributed by atoms with Crippen LogP contribution in [0.3, 0.4) is 0 Å². The molecule has 7 nitrogen and oxygen atoms in total. The van der Waals surface area contributed by atoms with Gasteiger partial charge >= 0.3 is 5.97 Å². The third-order valence-corrected chi connectivity index (χ3v) is 2.98. The number of amides is 1. The molecule has 7 heteroatoms. The molecule has 0 aliphatic rings. The van der Waals surface area contributed by atoms with Crippen molar-refractivity contribution >= 4 is 17.6 Å². The highest BCUT2D eigenvalue weighted by Gasteiger charge is 2.16. The molecule has 0 spiro atoms. The van der Waals surface area contributed by atoms with Crippen molar-refractivity contribution < 1.29 is 19.8 Å². The summed E-state index contributed by atoms with van der Waals surface area (Å²) in [6, 6.07) is 3.74. The average Bonchev–Trinajstić information content (AvgIpc) is 2.82. The number of carboxylic acid groups (broad SMARTS) is 1. The first-order valence-corrected chi connectivity index (χ1v) is 6.32. The lowest BCUT2D eigenvalue weighted by molar-refractivity contribution is 0.0696. The fraction of sp³-hybridized carbons (Fsp3) is 0.214. The van der Waals surface area contributed by atoms with Crippen LogP contribution in [0.15, 0.2) is 24.4 Å². The van der Waals surface area contributed by atoms with Crippen molar-refractivity contribution in [2.45, 2.75) is 13.3 Å². The zero-order valence-corrected chi connectivity index (χ0v) is 11.6. The number of phenolic OH excluding ortho intramolecular Hbond substituents is 1. The Morgan fingerprint density at radius 3 is 2.67 bits per heavy atom. The second-order valence-corrected chi connectivity index (χ2v) is 4.51. The summed E-state index contributed by atoms with van der Waals surface area (Å²) in [6.45, 7) is 1.89. The number of carboxylic acids is 1. The van der Waals surface area contributed by atoms with Crippen molar-refractivity contribution in [3.63, 3.8) is 0 Å². The summed E-state index contributed by atoms with van der Waals surface area (Å²) >= 11 is 0. The van der Waals surface area contributed by atoms with Crippen molar-refractivity contribution in [1.82, 2.24) is 9.78 Å². The van der Waals surface area contributed by atoms with Gasteiger partial charge in [0.05, 0.1) is 22.5 Å². The Labute approximate surface area is 120 Å². The molecular formula is C14H15N3O4. The molecule has 0 saturated carbocycles. The van der Waals surface area contributed by atoms with Gasteiger partial charge in [-0.25, -0.2) is 4.79 Å². The van der Waals surface area contributed by atoms with Crippen molar-refractivity contribution in [2.24, 2.45) is 7.05 Å². The highest BCUT2D eigenvalue weighted by Crippen LogP contribution is 2.25. The number of aromatic hydroxyl groups is 1. The average molecular weight is 289 g/mol. The number of aryl methyl sites for hydroxylation is 2. The van der Waals surface area contributed by atoms with Crippen LogP contribution in [-0.4, -0.2) is 31.9 Å². The molecule has 0 unspecified atom stereocenters. The predicted molar refractivity (Wildman–Crippen MR) is 75.6 cm³/mol. The van der Waals surface area contributed by atoms with Gasteiger partial charge in [-0.05, 0) is 24.6 Å². The van der Waals surface area contributed by atoms with E-state index >= 15 is 0 Å².